The van der Waals surface area contributed by atoms with Crippen LogP contribution in [0.3, 0.4) is 0 Å². The number of carboxylic acid groups (broad SMARTS) is 1. The van der Waals surface area contributed by atoms with Gasteiger partial charge in [0.15, 0.2) is 0 Å². The van der Waals surface area contributed by atoms with E-state index in [1.807, 2.05) is 0 Å². The van der Waals surface area contributed by atoms with Gasteiger partial charge in [0.25, 0.3) is 0 Å². The van der Waals surface area contributed by atoms with Crippen LogP contribution < -0.4 is 0 Å². The molecule has 21 heavy (non-hydrogen) atoms. The van der Waals surface area contributed by atoms with Crippen LogP contribution in [0, 0.1) is 11.6 Å². The Labute approximate surface area is 115 Å². The molecular formula is C14H7F5O2. The number of benzene rings is 2. The van der Waals surface area contributed by atoms with E-state index in [4.69, 9.17) is 5.11 Å². The number of hydrogen-bond acceptors (Lipinski definition) is 1. The quantitative estimate of drug-likeness (QED) is 0.837. The Balaban J connectivity index is 2.67. The Morgan fingerprint density at radius 3 is 1.86 bits per heavy atom. The number of alkyl halides is 3. The molecule has 0 aliphatic heterocycles. The minimum atomic E-state index is -4.77. The molecular weight excluding hydrogens is 295 g/mol. The Morgan fingerprint density at radius 2 is 1.38 bits per heavy atom. The molecule has 2 nitrogen and oxygen atoms in total. The lowest BCUT2D eigenvalue weighted by Gasteiger charge is -2.11. The van der Waals surface area contributed by atoms with Crippen molar-refractivity contribution < 1.29 is 31.9 Å². The summed E-state index contributed by atoms with van der Waals surface area (Å²) in [4.78, 5) is 10.9. The van der Waals surface area contributed by atoms with Crippen molar-refractivity contribution in [1.29, 1.82) is 0 Å². The van der Waals surface area contributed by atoms with E-state index >= 15 is 0 Å². The highest BCUT2D eigenvalue weighted by atomic mass is 19.4. The van der Waals surface area contributed by atoms with Gasteiger partial charge in [-0.25, -0.2) is 13.6 Å². The van der Waals surface area contributed by atoms with Crippen LogP contribution in [0.5, 0.6) is 0 Å². The summed E-state index contributed by atoms with van der Waals surface area (Å²) in [6, 6.07) is 4.23. The zero-order valence-electron chi connectivity index (χ0n) is 10.2. The molecule has 0 aliphatic carbocycles. The van der Waals surface area contributed by atoms with Gasteiger partial charge in [-0.1, -0.05) is 0 Å². The van der Waals surface area contributed by atoms with Gasteiger partial charge >= 0.3 is 12.1 Å². The molecule has 0 fully saturated rings. The third kappa shape index (κ3) is 3.36. The summed E-state index contributed by atoms with van der Waals surface area (Å²) in [5.41, 5.74) is -2.24. The van der Waals surface area contributed by atoms with Gasteiger partial charge in [-0.3, -0.25) is 0 Å². The third-order valence-corrected chi connectivity index (χ3v) is 2.70. The number of aromatic carboxylic acids is 1. The first-order valence-corrected chi connectivity index (χ1v) is 5.59. The number of hydrogen-bond donors (Lipinski definition) is 1. The second-order valence-corrected chi connectivity index (χ2v) is 4.26. The highest BCUT2D eigenvalue weighted by molar-refractivity contribution is 5.90. The van der Waals surface area contributed by atoms with E-state index in [-0.39, 0.29) is 11.1 Å². The van der Waals surface area contributed by atoms with Crippen LogP contribution in [0.15, 0.2) is 36.4 Å². The van der Waals surface area contributed by atoms with Gasteiger partial charge in [0.1, 0.15) is 11.6 Å². The summed E-state index contributed by atoms with van der Waals surface area (Å²) < 4.78 is 64.5. The average molecular weight is 302 g/mol. The predicted octanol–water partition coefficient (Wildman–Crippen LogP) is 4.35. The SMILES string of the molecule is O=C(O)c1cc(-c2cc(F)cc(F)c2)cc(C(F)(F)F)c1. The van der Waals surface area contributed by atoms with Crippen LogP contribution in [-0.2, 0) is 6.18 Å². The molecule has 0 radical (unpaired) electrons. The predicted molar refractivity (Wildman–Crippen MR) is 63.8 cm³/mol. The number of carboxylic acids is 1. The first-order valence-electron chi connectivity index (χ1n) is 5.59. The highest BCUT2D eigenvalue weighted by Gasteiger charge is 2.32. The van der Waals surface area contributed by atoms with Gasteiger partial charge in [0.05, 0.1) is 11.1 Å². The topological polar surface area (TPSA) is 37.3 Å². The molecule has 0 saturated heterocycles. The summed E-state index contributed by atoms with van der Waals surface area (Å²) in [6.45, 7) is 0. The van der Waals surface area contributed by atoms with Crippen molar-refractivity contribution in [2.75, 3.05) is 0 Å². The Morgan fingerprint density at radius 1 is 0.857 bits per heavy atom. The van der Waals surface area contributed by atoms with E-state index in [0.717, 1.165) is 18.2 Å². The first kappa shape index (κ1) is 15.0. The molecule has 0 spiro atoms. The van der Waals surface area contributed by atoms with Crippen molar-refractivity contribution in [3.8, 4) is 11.1 Å². The fourth-order valence-electron chi connectivity index (χ4n) is 1.80. The van der Waals surface area contributed by atoms with Gasteiger partial charge < -0.3 is 5.11 Å². The maximum Gasteiger partial charge on any atom is 0.416 e. The highest BCUT2D eigenvalue weighted by Crippen LogP contribution is 2.33. The van der Waals surface area contributed by atoms with E-state index < -0.39 is 34.9 Å². The van der Waals surface area contributed by atoms with Crippen molar-refractivity contribution in [2.45, 2.75) is 6.18 Å². The molecule has 0 bridgehead atoms. The lowest BCUT2D eigenvalue weighted by atomic mass is 9.99. The Hall–Kier alpha value is -2.44. The molecule has 2 aromatic carbocycles. The van der Waals surface area contributed by atoms with Crippen molar-refractivity contribution in [2.24, 2.45) is 0 Å². The van der Waals surface area contributed by atoms with Gasteiger partial charge in [-0.2, -0.15) is 13.2 Å². The first-order chi connectivity index (χ1) is 9.66. The smallest absolute Gasteiger partial charge is 0.416 e. The molecule has 0 heterocycles. The number of carbonyl (C=O) groups is 1. The average Bonchev–Trinajstić information content (AvgIpc) is 2.36. The maximum absolute atomic E-state index is 13.1. The van der Waals surface area contributed by atoms with Crippen LogP contribution in [0.1, 0.15) is 15.9 Å². The zero-order valence-corrected chi connectivity index (χ0v) is 10.2. The van der Waals surface area contributed by atoms with E-state index in [0.29, 0.717) is 18.2 Å². The Kier molecular flexibility index (Phi) is 3.67. The van der Waals surface area contributed by atoms with E-state index in [2.05, 4.69) is 0 Å². The lowest BCUT2D eigenvalue weighted by molar-refractivity contribution is -0.137. The molecule has 2 rings (SSSR count). The summed E-state index contributed by atoms with van der Waals surface area (Å²) in [6.07, 6.45) is -4.77. The fourth-order valence-corrected chi connectivity index (χ4v) is 1.80. The van der Waals surface area contributed by atoms with E-state index in [1.165, 1.54) is 0 Å². The molecule has 110 valence electrons. The third-order valence-electron chi connectivity index (χ3n) is 2.70. The van der Waals surface area contributed by atoms with Crippen molar-refractivity contribution in [3.63, 3.8) is 0 Å². The van der Waals surface area contributed by atoms with Crippen LogP contribution >= 0.6 is 0 Å². The lowest BCUT2D eigenvalue weighted by Crippen LogP contribution is -2.08. The molecule has 0 amide bonds. The van der Waals surface area contributed by atoms with Crippen LogP contribution in [0.2, 0.25) is 0 Å². The normalized spacial score (nSPS) is 11.5. The molecule has 2 aromatic rings. The van der Waals surface area contributed by atoms with Crippen LogP contribution in [0.25, 0.3) is 11.1 Å². The number of halogens is 5. The van der Waals surface area contributed by atoms with Crippen molar-refractivity contribution in [3.05, 3.63) is 59.2 Å². The zero-order chi connectivity index (χ0) is 15.8. The minimum Gasteiger partial charge on any atom is -0.478 e. The molecule has 0 aromatic heterocycles. The summed E-state index contributed by atoms with van der Waals surface area (Å²) in [5.74, 6) is -3.52. The minimum absolute atomic E-state index is 0.180. The van der Waals surface area contributed by atoms with Gasteiger partial charge in [0.2, 0.25) is 0 Å². The molecule has 0 atom stereocenters. The van der Waals surface area contributed by atoms with Crippen molar-refractivity contribution in [1.82, 2.24) is 0 Å². The largest absolute Gasteiger partial charge is 0.478 e. The number of rotatable bonds is 2. The summed E-state index contributed by atoms with van der Waals surface area (Å²) in [5, 5.41) is 8.84. The fraction of sp³-hybridized carbons (Fsp3) is 0.0714. The van der Waals surface area contributed by atoms with Gasteiger partial charge in [-0.15, -0.1) is 0 Å². The molecule has 0 saturated carbocycles. The molecule has 0 aliphatic rings. The van der Waals surface area contributed by atoms with Crippen molar-refractivity contribution >= 4 is 5.97 Å². The maximum atomic E-state index is 13.1. The second-order valence-electron chi connectivity index (χ2n) is 4.26. The van der Waals surface area contributed by atoms with E-state index in [1.54, 1.807) is 0 Å². The van der Waals surface area contributed by atoms with E-state index in [9.17, 15) is 26.7 Å². The second kappa shape index (κ2) is 5.16. The molecule has 1 N–H and O–H groups in total. The van der Waals surface area contributed by atoms with Gasteiger partial charge in [0, 0.05) is 6.07 Å². The Bertz CT molecular complexity index is 687. The summed E-state index contributed by atoms with van der Waals surface area (Å²) >= 11 is 0. The molecule has 7 heteroatoms. The standard InChI is InChI=1S/C14H7F5O2/c15-11-4-8(5-12(16)6-11)7-1-9(13(20)21)3-10(2-7)14(17,18)19/h1-6H,(H,20,21). The molecule has 0 unspecified atom stereocenters. The monoisotopic (exact) mass is 302 g/mol. The van der Waals surface area contributed by atoms with Gasteiger partial charge in [-0.05, 0) is 41.5 Å². The van der Waals surface area contributed by atoms with Crippen LogP contribution in [0.4, 0.5) is 22.0 Å². The van der Waals surface area contributed by atoms with Crippen LogP contribution in [-0.4, -0.2) is 11.1 Å². The summed E-state index contributed by atoms with van der Waals surface area (Å²) in [7, 11) is 0.